The number of fused-ring (bicyclic) bond motifs is 4. The van der Waals surface area contributed by atoms with Crippen molar-refractivity contribution in [3.05, 3.63) is 157 Å². The third-order valence-corrected chi connectivity index (χ3v) is 8.97. The van der Waals surface area contributed by atoms with E-state index >= 15 is 0 Å². The fourth-order valence-electron chi connectivity index (χ4n) is 6.78. The Morgan fingerprint density at radius 1 is 0.681 bits per heavy atom. The maximum absolute atomic E-state index is 6.47. The van der Waals surface area contributed by atoms with Gasteiger partial charge in [0.05, 0.1) is 11.4 Å². The Hall–Kier alpha value is -6.33. The van der Waals surface area contributed by atoms with Gasteiger partial charge in [0, 0.05) is 32.7 Å². The number of nitrogens with zero attached hydrogens (tertiary/aromatic N) is 4. The molecule has 0 saturated carbocycles. The quantitative estimate of drug-likeness (QED) is 0.200. The van der Waals surface area contributed by atoms with E-state index in [0.29, 0.717) is 23.0 Å². The van der Waals surface area contributed by atoms with Gasteiger partial charge in [-0.25, -0.2) is 4.98 Å². The lowest BCUT2D eigenvalue weighted by molar-refractivity contribution is 0.571. The first kappa shape index (κ1) is 27.0. The van der Waals surface area contributed by atoms with Gasteiger partial charge < -0.3 is 4.42 Å². The zero-order chi connectivity index (χ0) is 31.5. The van der Waals surface area contributed by atoms with Crippen LogP contribution in [0.2, 0.25) is 0 Å². The predicted molar refractivity (Wildman–Crippen MR) is 192 cm³/mol. The molecule has 1 aliphatic rings. The largest absolute Gasteiger partial charge is 0.456 e. The normalized spacial score (nSPS) is 13.3. The summed E-state index contributed by atoms with van der Waals surface area (Å²) in [5, 5.41) is 6.63. The molecule has 5 heteroatoms. The van der Waals surface area contributed by atoms with Crippen LogP contribution < -0.4 is 15.5 Å². The van der Waals surface area contributed by atoms with E-state index in [0.717, 1.165) is 55.0 Å². The second-order valence-corrected chi connectivity index (χ2v) is 11.7. The lowest BCUT2D eigenvalue weighted by Crippen LogP contribution is -2.24. The summed E-state index contributed by atoms with van der Waals surface area (Å²) in [4.78, 5) is 17.7. The van der Waals surface area contributed by atoms with Gasteiger partial charge >= 0.3 is 0 Å². The van der Waals surface area contributed by atoms with Crippen molar-refractivity contribution in [2.45, 2.75) is 6.92 Å². The lowest BCUT2D eigenvalue weighted by atomic mass is 9.90. The molecule has 2 aromatic heterocycles. The van der Waals surface area contributed by atoms with E-state index in [1.165, 1.54) is 16.3 Å². The van der Waals surface area contributed by atoms with Gasteiger partial charge in [-0.15, -0.1) is 0 Å². The van der Waals surface area contributed by atoms with Gasteiger partial charge in [-0.3, -0.25) is 4.90 Å². The van der Waals surface area contributed by atoms with Crippen LogP contribution in [0.3, 0.4) is 0 Å². The molecule has 0 spiro atoms. The summed E-state index contributed by atoms with van der Waals surface area (Å²) in [5.41, 5.74) is 7.60. The van der Waals surface area contributed by atoms with Crippen molar-refractivity contribution in [3.8, 4) is 22.5 Å². The number of anilines is 3. The Morgan fingerprint density at radius 3 is 2.23 bits per heavy atom. The van der Waals surface area contributed by atoms with E-state index in [1.807, 2.05) is 61.5 Å². The molecule has 9 rings (SSSR count). The molecule has 0 amide bonds. The van der Waals surface area contributed by atoms with Gasteiger partial charge in [-0.2, -0.15) is 9.97 Å². The van der Waals surface area contributed by atoms with Gasteiger partial charge in [0.2, 0.25) is 5.95 Å². The lowest BCUT2D eigenvalue weighted by Gasteiger charge is -2.32. The molecule has 3 heterocycles. The van der Waals surface area contributed by atoms with E-state index in [4.69, 9.17) is 19.4 Å². The molecule has 8 aromatic rings. The molecule has 47 heavy (non-hydrogen) atoms. The predicted octanol–water partition coefficient (Wildman–Crippen LogP) is 9.23. The Bertz CT molecular complexity index is 2670. The summed E-state index contributed by atoms with van der Waals surface area (Å²) in [7, 11) is 0. The van der Waals surface area contributed by atoms with Crippen molar-refractivity contribution in [1.82, 2.24) is 15.0 Å². The van der Waals surface area contributed by atoms with Gasteiger partial charge in [0.1, 0.15) is 11.0 Å². The van der Waals surface area contributed by atoms with E-state index in [1.54, 1.807) is 6.08 Å². The van der Waals surface area contributed by atoms with Crippen LogP contribution in [0.4, 0.5) is 17.3 Å². The average molecular weight is 605 g/mol. The molecule has 0 radical (unpaired) electrons. The molecule has 0 N–H and O–H groups in total. The summed E-state index contributed by atoms with van der Waals surface area (Å²) < 4.78 is 6.47. The van der Waals surface area contributed by atoms with Crippen LogP contribution in [-0.4, -0.2) is 15.0 Å². The van der Waals surface area contributed by atoms with Gasteiger partial charge in [-0.1, -0.05) is 122 Å². The summed E-state index contributed by atoms with van der Waals surface area (Å²) in [5.74, 6) is 1.67. The van der Waals surface area contributed by atoms with E-state index in [9.17, 15) is 0 Å². The minimum absolute atomic E-state index is 0.539. The third-order valence-electron chi connectivity index (χ3n) is 8.97. The molecule has 0 bridgehead atoms. The summed E-state index contributed by atoms with van der Waals surface area (Å²) in [6, 6.07) is 44.1. The Morgan fingerprint density at radius 2 is 1.40 bits per heavy atom. The molecule has 1 aliphatic heterocycles. The fourth-order valence-corrected chi connectivity index (χ4v) is 6.78. The molecule has 0 saturated heterocycles. The molecule has 0 unspecified atom stereocenters. The maximum atomic E-state index is 6.47. The van der Waals surface area contributed by atoms with Crippen LogP contribution in [0.25, 0.3) is 66.7 Å². The van der Waals surface area contributed by atoms with Crippen LogP contribution in [-0.2, 0) is 0 Å². The van der Waals surface area contributed by atoms with Crippen molar-refractivity contribution in [3.63, 3.8) is 0 Å². The smallest absolute Gasteiger partial charge is 0.238 e. The highest BCUT2D eigenvalue weighted by Gasteiger charge is 2.29. The van der Waals surface area contributed by atoms with Crippen LogP contribution in [0.1, 0.15) is 12.7 Å². The van der Waals surface area contributed by atoms with Crippen LogP contribution in [0.15, 0.2) is 144 Å². The minimum Gasteiger partial charge on any atom is -0.456 e. The Balaban J connectivity index is 1.38. The monoisotopic (exact) mass is 604 g/mol. The van der Waals surface area contributed by atoms with Gasteiger partial charge in [-0.05, 0) is 52.9 Å². The molecule has 5 nitrogen and oxygen atoms in total. The van der Waals surface area contributed by atoms with Crippen LogP contribution in [0, 0.1) is 0 Å². The standard InChI is InChI=1S/C42H28N4O/c1-3-13-33-31-20-9-10-23-37(31)47-39(33)26(2)40-43-41(28-14-5-4-6-15-28)45-42(44-40)46-35-22-12-19-27-18-11-21-32(38(27)35)34-24-29-16-7-8-17-30(29)25-36(34)46/h3-25H,1H2,2H3/b33-13-,39-26-. The molecule has 0 atom stereocenters. The van der Waals surface area contributed by atoms with Crippen molar-refractivity contribution in [2.75, 3.05) is 4.90 Å². The zero-order valence-corrected chi connectivity index (χ0v) is 25.7. The Kier molecular flexibility index (Phi) is 6.12. The number of furan rings is 1. The first-order valence-corrected chi connectivity index (χ1v) is 15.7. The molecule has 0 fully saturated rings. The SMILES string of the molecule is C=C/C=c1\c(=C(/C)c2nc(-c3ccccc3)nc(N3c4cc5ccccc5cc4-c4cccc5cccc3c45)n2)oc2ccccc12. The van der Waals surface area contributed by atoms with Crippen LogP contribution in [0.5, 0.6) is 0 Å². The first-order chi connectivity index (χ1) is 23.2. The first-order valence-electron chi connectivity index (χ1n) is 15.7. The molecule has 222 valence electrons. The van der Waals surface area contributed by atoms with Gasteiger partial charge in [0.15, 0.2) is 11.6 Å². The second-order valence-electron chi connectivity index (χ2n) is 11.7. The van der Waals surface area contributed by atoms with E-state index < -0.39 is 0 Å². The van der Waals surface area contributed by atoms with Crippen LogP contribution >= 0.6 is 0 Å². The van der Waals surface area contributed by atoms with Crippen molar-refractivity contribution in [1.29, 1.82) is 0 Å². The van der Waals surface area contributed by atoms with Gasteiger partial charge in [0.25, 0.3) is 0 Å². The zero-order valence-electron chi connectivity index (χ0n) is 25.7. The number of hydrogen-bond acceptors (Lipinski definition) is 5. The molecule has 6 aromatic carbocycles. The number of benzene rings is 6. The second kappa shape index (κ2) is 10.6. The average Bonchev–Trinajstić information content (AvgIpc) is 3.49. The summed E-state index contributed by atoms with van der Waals surface area (Å²) in [6.07, 6.45) is 3.77. The minimum atomic E-state index is 0.539. The number of aromatic nitrogens is 3. The van der Waals surface area contributed by atoms with E-state index in [2.05, 4.69) is 90.3 Å². The summed E-state index contributed by atoms with van der Waals surface area (Å²) in [6.45, 7) is 5.98. The highest BCUT2D eigenvalue weighted by Crippen LogP contribution is 2.51. The van der Waals surface area contributed by atoms with E-state index in [-0.39, 0.29) is 0 Å². The highest BCUT2D eigenvalue weighted by molar-refractivity contribution is 6.15. The number of rotatable bonds is 4. The number of hydrogen-bond donors (Lipinski definition) is 0. The number of para-hydroxylation sites is 1. The van der Waals surface area contributed by atoms with Crippen molar-refractivity contribution in [2.24, 2.45) is 0 Å². The molecular formula is C42H28N4O. The third kappa shape index (κ3) is 4.28. The fraction of sp³-hybridized carbons (Fsp3) is 0.0238. The summed E-state index contributed by atoms with van der Waals surface area (Å²) >= 11 is 0. The maximum Gasteiger partial charge on any atom is 0.238 e. The number of allylic oxidation sites excluding steroid dienone is 1. The highest BCUT2D eigenvalue weighted by atomic mass is 16.3. The molecule has 0 aliphatic carbocycles. The topological polar surface area (TPSA) is 55.1 Å². The van der Waals surface area contributed by atoms with Crippen molar-refractivity contribution < 1.29 is 4.42 Å². The van der Waals surface area contributed by atoms with Crippen molar-refractivity contribution >= 4 is 61.5 Å². The molecular weight excluding hydrogens is 576 g/mol. The Labute approximate surface area is 271 Å².